The Morgan fingerprint density at radius 3 is 2.78 bits per heavy atom. The normalized spacial score (nSPS) is 17.4. The zero-order valence-electron chi connectivity index (χ0n) is 19.8. The molecule has 0 spiro atoms. The van der Waals surface area contributed by atoms with Crippen molar-refractivity contribution < 1.29 is 13.2 Å². The van der Waals surface area contributed by atoms with Crippen LogP contribution < -0.4 is 16.2 Å². The van der Waals surface area contributed by atoms with E-state index in [1.807, 2.05) is 18.2 Å². The van der Waals surface area contributed by atoms with Crippen LogP contribution in [0, 0.1) is 0 Å². The van der Waals surface area contributed by atoms with E-state index in [-0.39, 0.29) is 34.4 Å². The Kier molecular flexibility index (Phi) is 5.01. The number of fused-ring (bicyclic) bond motifs is 2. The maximum atomic E-state index is 13.4. The van der Waals surface area contributed by atoms with E-state index in [1.54, 1.807) is 16.9 Å². The van der Waals surface area contributed by atoms with E-state index in [4.69, 9.17) is 0 Å². The van der Waals surface area contributed by atoms with Gasteiger partial charge < -0.3 is 10.6 Å². The minimum atomic E-state index is -4.60. The number of hydrogen-bond donors (Lipinski definition) is 2. The Bertz CT molecular complexity index is 1530. The van der Waals surface area contributed by atoms with Crippen LogP contribution >= 0.6 is 0 Å². The summed E-state index contributed by atoms with van der Waals surface area (Å²) in [6, 6.07) is 7.83. The third-order valence-electron chi connectivity index (χ3n) is 6.73. The molecule has 1 aliphatic heterocycles. The standard InChI is InChI=1S/C24H25F3N8O/c1-23(2)18-6-3-15(11-14(18)7-9-29-23)30-22-28-12-17-20(31-22)35(34(21(17)36)13-24(25,26)27)19-8-10-33(32-19)16-4-5-16/h3,6,8,10-12,16,29H,4-5,7,9,13H2,1-2H3,(H,28,30,31). The van der Waals surface area contributed by atoms with Gasteiger partial charge in [0.1, 0.15) is 11.9 Å². The van der Waals surface area contributed by atoms with Crippen LogP contribution in [-0.4, -0.2) is 41.8 Å². The monoisotopic (exact) mass is 498 g/mol. The number of rotatable bonds is 5. The predicted molar refractivity (Wildman–Crippen MR) is 128 cm³/mol. The summed E-state index contributed by atoms with van der Waals surface area (Å²) in [5.41, 5.74) is 2.27. The van der Waals surface area contributed by atoms with Crippen LogP contribution in [-0.2, 0) is 18.5 Å². The minimum Gasteiger partial charge on any atom is -0.324 e. The van der Waals surface area contributed by atoms with E-state index in [9.17, 15) is 18.0 Å². The van der Waals surface area contributed by atoms with Gasteiger partial charge in [-0.25, -0.2) is 14.3 Å². The first-order valence-electron chi connectivity index (χ1n) is 11.9. The Balaban J connectivity index is 1.42. The largest absolute Gasteiger partial charge is 0.408 e. The van der Waals surface area contributed by atoms with E-state index in [0.29, 0.717) is 4.68 Å². The molecule has 0 bridgehead atoms. The Morgan fingerprint density at radius 1 is 1.22 bits per heavy atom. The fourth-order valence-corrected chi connectivity index (χ4v) is 4.84. The molecule has 1 aliphatic carbocycles. The molecule has 1 saturated carbocycles. The van der Waals surface area contributed by atoms with Crippen molar-refractivity contribution in [3.63, 3.8) is 0 Å². The summed E-state index contributed by atoms with van der Waals surface area (Å²) in [6.07, 6.45) is 1.18. The molecule has 0 amide bonds. The van der Waals surface area contributed by atoms with E-state index >= 15 is 0 Å². The van der Waals surface area contributed by atoms with E-state index in [0.717, 1.165) is 36.2 Å². The predicted octanol–water partition coefficient (Wildman–Crippen LogP) is 3.80. The fourth-order valence-electron chi connectivity index (χ4n) is 4.84. The molecule has 4 aromatic rings. The van der Waals surface area contributed by atoms with E-state index < -0.39 is 18.3 Å². The summed E-state index contributed by atoms with van der Waals surface area (Å²) < 4.78 is 43.7. The Labute approximate surface area is 203 Å². The third kappa shape index (κ3) is 4.04. The van der Waals surface area contributed by atoms with Crippen LogP contribution in [0.3, 0.4) is 0 Å². The first kappa shape index (κ1) is 22.8. The molecule has 1 fully saturated rings. The highest BCUT2D eigenvalue weighted by molar-refractivity contribution is 5.77. The third-order valence-corrected chi connectivity index (χ3v) is 6.73. The van der Waals surface area contributed by atoms with Gasteiger partial charge in [-0.15, -0.1) is 0 Å². The van der Waals surface area contributed by atoms with Gasteiger partial charge in [-0.05, 0) is 62.9 Å². The Hall–Kier alpha value is -3.67. The van der Waals surface area contributed by atoms with Crippen LogP contribution in [0.15, 0.2) is 41.5 Å². The maximum Gasteiger partial charge on any atom is 0.408 e. The lowest BCUT2D eigenvalue weighted by atomic mass is 9.85. The number of nitrogens with zero attached hydrogens (tertiary/aromatic N) is 6. The van der Waals surface area contributed by atoms with Crippen molar-refractivity contribution in [2.45, 2.75) is 57.4 Å². The van der Waals surface area contributed by atoms with Gasteiger partial charge in [0.15, 0.2) is 11.5 Å². The van der Waals surface area contributed by atoms with Gasteiger partial charge >= 0.3 is 6.18 Å². The quantitative estimate of drug-likeness (QED) is 0.435. The van der Waals surface area contributed by atoms with Crippen LogP contribution in [0.1, 0.15) is 43.9 Å². The van der Waals surface area contributed by atoms with Crippen molar-refractivity contribution in [1.29, 1.82) is 0 Å². The van der Waals surface area contributed by atoms with Crippen molar-refractivity contribution in [2.75, 3.05) is 11.9 Å². The van der Waals surface area contributed by atoms with Crippen LogP contribution in [0.25, 0.3) is 16.9 Å². The van der Waals surface area contributed by atoms with Crippen molar-refractivity contribution in [2.24, 2.45) is 0 Å². The Morgan fingerprint density at radius 2 is 2.03 bits per heavy atom. The maximum absolute atomic E-state index is 13.4. The van der Waals surface area contributed by atoms with Gasteiger partial charge in [-0.2, -0.15) is 23.3 Å². The number of alkyl halides is 3. The summed E-state index contributed by atoms with van der Waals surface area (Å²) in [6.45, 7) is 3.66. The summed E-state index contributed by atoms with van der Waals surface area (Å²) in [5, 5.41) is 11.1. The molecule has 2 aliphatic rings. The van der Waals surface area contributed by atoms with E-state index in [1.165, 1.54) is 17.3 Å². The first-order valence-corrected chi connectivity index (χ1v) is 11.9. The zero-order chi connectivity index (χ0) is 25.2. The second-order valence-electron chi connectivity index (χ2n) is 9.90. The molecule has 4 heterocycles. The number of benzene rings is 1. The lowest BCUT2D eigenvalue weighted by Gasteiger charge is -2.34. The minimum absolute atomic E-state index is 0.0102. The summed E-state index contributed by atoms with van der Waals surface area (Å²) in [7, 11) is 0. The number of hydrogen-bond acceptors (Lipinski definition) is 6. The molecule has 6 rings (SSSR count). The smallest absolute Gasteiger partial charge is 0.324 e. The van der Waals surface area contributed by atoms with Crippen LogP contribution in [0.5, 0.6) is 0 Å². The van der Waals surface area contributed by atoms with Crippen molar-refractivity contribution >= 4 is 22.7 Å². The van der Waals surface area contributed by atoms with Crippen LogP contribution in [0.4, 0.5) is 24.8 Å². The molecule has 36 heavy (non-hydrogen) atoms. The van der Waals surface area contributed by atoms with Gasteiger partial charge in [0.25, 0.3) is 5.56 Å². The van der Waals surface area contributed by atoms with Crippen molar-refractivity contribution in [3.05, 3.63) is 58.1 Å². The van der Waals surface area contributed by atoms with Gasteiger partial charge in [0.2, 0.25) is 5.95 Å². The van der Waals surface area contributed by atoms with Crippen molar-refractivity contribution in [1.82, 2.24) is 34.4 Å². The number of anilines is 2. The molecule has 0 saturated heterocycles. The van der Waals surface area contributed by atoms with Crippen LogP contribution in [0.2, 0.25) is 0 Å². The zero-order valence-corrected chi connectivity index (χ0v) is 19.8. The molecule has 3 aromatic heterocycles. The molecule has 9 nitrogen and oxygen atoms in total. The number of aromatic nitrogens is 6. The average molecular weight is 499 g/mol. The highest BCUT2D eigenvalue weighted by Crippen LogP contribution is 2.34. The number of nitrogens with one attached hydrogen (secondary N) is 2. The topological polar surface area (TPSA) is 94.6 Å². The lowest BCUT2D eigenvalue weighted by Crippen LogP contribution is -2.42. The molecular formula is C24H25F3N8O. The van der Waals surface area contributed by atoms with Gasteiger partial charge in [-0.3, -0.25) is 9.48 Å². The van der Waals surface area contributed by atoms with E-state index in [2.05, 4.69) is 39.5 Å². The lowest BCUT2D eigenvalue weighted by molar-refractivity contribution is -0.144. The SMILES string of the molecule is CC1(C)NCCc2cc(Nc3ncc4c(=O)n(CC(F)(F)F)n(-c5ccn(C6CC6)n5)c4n3)ccc21. The molecule has 0 unspecified atom stereocenters. The molecule has 0 atom stereocenters. The highest BCUT2D eigenvalue weighted by atomic mass is 19.4. The summed E-state index contributed by atoms with van der Waals surface area (Å²) >= 11 is 0. The molecule has 0 radical (unpaired) electrons. The van der Waals surface area contributed by atoms with Crippen molar-refractivity contribution in [3.8, 4) is 5.82 Å². The summed E-state index contributed by atoms with van der Waals surface area (Å²) in [5.74, 6) is 0.376. The summed E-state index contributed by atoms with van der Waals surface area (Å²) in [4.78, 5) is 21.6. The second kappa shape index (κ2) is 7.92. The molecule has 188 valence electrons. The molecule has 2 N–H and O–H groups in total. The van der Waals surface area contributed by atoms with Gasteiger partial charge in [0, 0.05) is 29.7 Å². The molecular weight excluding hydrogens is 473 g/mol. The van der Waals surface area contributed by atoms with Gasteiger partial charge in [0.05, 0.1) is 6.04 Å². The average Bonchev–Trinajstić information content (AvgIpc) is 3.49. The second-order valence-corrected chi connectivity index (χ2v) is 9.90. The first-order chi connectivity index (χ1) is 17.1. The highest BCUT2D eigenvalue weighted by Gasteiger charge is 2.33. The molecule has 12 heteroatoms. The fraction of sp³-hybridized carbons (Fsp3) is 0.417. The number of halogens is 3. The van der Waals surface area contributed by atoms with Gasteiger partial charge in [-0.1, -0.05) is 6.07 Å². The molecule has 1 aromatic carbocycles.